The zero-order valence-corrected chi connectivity index (χ0v) is 87.6. The number of carboxylic acid groups (broad SMARTS) is 4. The summed E-state index contributed by atoms with van der Waals surface area (Å²) < 4.78 is 67.5. The predicted octanol–water partition coefficient (Wildman–Crippen LogP) is 20.0. The Morgan fingerprint density at radius 3 is 0.901 bits per heavy atom. The van der Waals surface area contributed by atoms with Gasteiger partial charge < -0.3 is 102 Å². The van der Waals surface area contributed by atoms with Crippen LogP contribution in [0.25, 0.3) is 0 Å². The molecule has 6 aromatic heterocycles. The molecule has 31 nitrogen and oxygen atoms in total. The second kappa shape index (κ2) is 49.5. The minimum Gasteiger partial charge on any atom is -0.490 e. The van der Waals surface area contributed by atoms with Crippen molar-refractivity contribution in [3.63, 3.8) is 0 Å². The summed E-state index contributed by atoms with van der Waals surface area (Å²) in [6.07, 6.45) is 15.4. The number of ether oxygens (including phenoxy) is 9. The van der Waals surface area contributed by atoms with E-state index in [-0.39, 0.29) is 104 Å². The zero-order chi connectivity index (χ0) is 102. The Kier molecular flexibility index (Phi) is 37.7. The molecule has 0 amide bonds. The van der Waals surface area contributed by atoms with E-state index in [2.05, 4.69) is 167 Å². The summed E-state index contributed by atoms with van der Waals surface area (Å²) in [5, 5.41) is 39.9. The van der Waals surface area contributed by atoms with Crippen LogP contribution in [0.2, 0.25) is 20.1 Å². The second-order valence-corrected chi connectivity index (χ2v) is 41.6. The van der Waals surface area contributed by atoms with Gasteiger partial charge >= 0.3 is 23.9 Å². The minimum absolute atomic E-state index is 0.00876. The van der Waals surface area contributed by atoms with E-state index in [1.165, 1.54) is 6.07 Å². The van der Waals surface area contributed by atoms with E-state index in [0.717, 1.165) is 142 Å². The molecule has 0 bridgehead atoms. The number of piperidine rings is 4. The average molecular weight is 2040 g/mol. The van der Waals surface area contributed by atoms with Crippen LogP contribution >= 0.6 is 46.4 Å². The smallest absolute Gasteiger partial charge is 0.305 e. The van der Waals surface area contributed by atoms with E-state index in [4.69, 9.17) is 94.0 Å². The Labute approximate surface area is 854 Å². The van der Waals surface area contributed by atoms with Crippen LogP contribution in [0.3, 0.4) is 0 Å². The van der Waals surface area contributed by atoms with E-state index < -0.39 is 29.7 Å². The number of nitrogens with zero attached hydrogens (tertiary/aromatic N) is 14. The molecule has 0 aliphatic carbocycles. The molecule has 8 aromatic rings. The highest BCUT2D eigenvalue weighted by Gasteiger charge is 2.44. The average Bonchev–Trinajstić information content (AvgIpc) is 1.58. The van der Waals surface area contributed by atoms with Gasteiger partial charge in [-0.05, 0) is 102 Å². The number of methoxy groups -OCH3 is 4. The van der Waals surface area contributed by atoms with Gasteiger partial charge in [-0.3, -0.25) is 19.2 Å². The molecular weight excluding hydrogens is 1900 g/mol. The maximum atomic E-state index is 15.1. The zero-order valence-electron chi connectivity index (χ0n) is 84.6. The standard InChI is InChI=1S/C29H41ClN4O5.2C26H34ClN3O4.C25H32ClFN4O4/c1-6-7-10-38-26-11-21(34-17-18(2)20(4)23(34)13-28(35)36)14-32-29(26)39-25-8-9-33(16-19(25)3)24-12-27(37-5)31-15-22(24)30;2*1-16-15-30(22(18(16)3)12-26(31)32)19-5-7-20(8-6-19)34-24-9-10-29(14-17(24)2)23-11-25(33-4)28-13-21(23)27;1-14-13-31(20(16(14)3)9-24(32)33)17-7-19(27)25(29-10-17)35-22-5-6-30(12-15(22)2)21-8-23(34-4)28-11-18(21)26/h11-12,14-15,18-20,23,25H,6-10,13,16-17H2,1-5H3,(H,35,36);2*5-8,11,13,16-18,22,24H,9-10,12,14-15H2,1-4H3,(H,31,32);7-8,10-11,14-16,20,22H,5-6,9,12-13H2,1-4H3,(H,32,33)/t18-,19?,20+,23-,25?;2*16-,17?,18+,22-,24?;14-,15?,16+,20-,22?/m0000/s1. The third kappa shape index (κ3) is 26.9. The molecule has 772 valence electrons. The monoisotopic (exact) mass is 2040 g/mol. The van der Waals surface area contributed by atoms with Gasteiger partial charge in [0, 0.05) is 200 Å². The van der Waals surface area contributed by atoms with E-state index in [1.54, 1.807) is 65.6 Å². The van der Waals surface area contributed by atoms with Crippen LogP contribution in [0, 0.1) is 76.8 Å². The first-order valence-corrected chi connectivity index (χ1v) is 51.3. The van der Waals surface area contributed by atoms with Crippen molar-refractivity contribution < 1.29 is 86.6 Å². The summed E-state index contributed by atoms with van der Waals surface area (Å²) in [5.41, 5.74) is 7.20. The number of unbranched alkanes of at least 4 members (excludes halogenated alkanes) is 1. The Morgan fingerprint density at radius 2 is 0.627 bits per heavy atom. The number of aromatic nitrogens is 6. The number of hydrogen-bond acceptors (Lipinski definition) is 27. The fourth-order valence-corrected chi connectivity index (χ4v) is 22.0. The van der Waals surface area contributed by atoms with Crippen molar-refractivity contribution in [2.24, 2.45) is 71.0 Å². The number of carbonyl (C=O) groups is 4. The molecule has 16 rings (SSSR count). The molecule has 0 radical (unpaired) electrons. The maximum absolute atomic E-state index is 15.1. The normalized spacial score (nSPS) is 26.4. The Balaban J connectivity index is 0.000000159. The topological polar surface area (TPSA) is 336 Å². The van der Waals surface area contributed by atoms with Crippen molar-refractivity contribution in [1.82, 2.24) is 29.9 Å². The molecule has 0 spiro atoms. The van der Waals surface area contributed by atoms with Gasteiger partial charge in [-0.1, -0.05) is 143 Å². The van der Waals surface area contributed by atoms with Crippen LogP contribution in [0.5, 0.6) is 52.5 Å². The molecule has 8 saturated heterocycles. The van der Waals surface area contributed by atoms with Crippen molar-refractivity contribution in [1.29, 1.82) is 0 Å². The SMILES string of the molecule is CCCCOc1cc(N2C[C@H](C)[C@@H](C)[C@@H]2CC(=O)O)cnc1OC1CCN(c2cc(OC)ncc2Cl)CC1C.COc1cc(N2CCC(Oc3ccc(N4C[C@H](C)[C@@H](C)[C@@H]4CC(=O)O)cc3)C(C)C2)c(Cl)cn1.COc1cc(N2CCC(Oc3ccc(N4C[C@H](C)[C@@H](C)[C@@H]4CC(=O)O)cc3)C(C)C2)c(Cl)cn1.COc1cc(N2CCC(Oc3ncc(N4C[C@H](C)[C@@H](C)[C@@H]4CC(=O)O)cc3F)C(C)C2)c(Cl)cn1. The first-order chi connectivity index (χ1) is 67.9. The van der Waals surface area contributed by atoms with Crippen LogP contribution in [0.15, 0.2) is 122 Å². The van der Waals surface area contributed by atoms with Crippen LogP contribution in [0.4, 0.5) is 49.9 Å². The lowest BCUT2D eigenvalue weighted by atomic mass is 9.92. The molecule has 36 heteroatoms. The molecule has 20 atom stereocenters. The van der Waals surface area contributed by atoms with Gasteiger partial charge in [0.15, 0.2) is 11.6 Å². The molecule has 142 heavy (non-hydrogen) atoms. The molecule has 8 aliphatic heterocycles. The van der Waals surface area contributed by atoms with Crippen molar-refractivity contribution in [2.75, 3.05) is 153 Å². The molecule has 8 unspecified atom stereocenters. The van der Waals surface area contributed by atoms with E-state index >= 15 is 4.39 Å². The molecule has 8 fully saturated rings. The molecule has 0 saturated carbocycles. The van der Waals surface area contributed by atoms with E-state index in [1.807, 2.05) is 66.4 Å². The summed E-state index contributed by atoms with van der Waals surface area (Å²) in [7, 11) is 6.36. The third-order valence-corrected chi connectivity index (χ3v) is 31.5. The number of benzene rings is 2. The van der Waals surface area contributed by atoms with Gasteiger partial charge in [0.05, 0.1) is 152 Å². The van der Waals surface area contributed by atoms with Gasteiger partial charge in [-0.2, -0.15) is 0 Å². The summed E-state index contributed by atoms with van der Waals surface area (Å²) >= 11 is 25.6. The highest BCUT2D eigenvalue weighted by molar-refractivity contribution is 6.34. The first-order valence-electron chi connectivity index (χ1n) is 49.8. The number of anilines is 8. The molecule has 8 aliphatic rings. The van der Waals surface area contributed by atoms with E-state index in [9.17, 15) is 39.6 Å². The van der Waals surface area contributed by atoms with Crippen molar-refractivity contribution in [2.45, 2.75) is 203 Å². The molecule has 14 heterocycles. The van der Waals surface area contributed by atoms with Crippen molar-refractivity contribution >= 4 is 116 Å². The summed E-state index contributed by atoms with van der Waals surface area (Å²) in [5.74, 6) is 4.86. The fourth-order valence-electron chi connectivity index (χ4n) is 21.1. The molecule has 2 aromatic carbocycles. The largest absolute Gasteiger partial charge is 0.490 e. The lowest BCUT2D eigenvalue weighted by Crippen LogP contribution is -2.44. The maximum Gasteiger partial charge on any atom is 0.305 e. The Bertz CT molecular complexity index is 5380. The number of pyridine rings is 6. The lowest BCUT2D eigenvalue weighted by molar-refractivity contribution is -0.138. The fraction of sp³-hybridized carbons (Fsp3) is 0.566. The van der Waals surface area contributed by atoms with Crippen molar-refractivity contribution in [3.05, 3.63) is 148 Å². The number of rotatable bonds is 32. The quantitative estimate of drug-likeness (QED) is 0.0285. The van der Waals surface area contributed by atoms with Gasteiger partial charge in [0.1, 0.15) is 35.9 Å². The second-order valence-electron chi connectivity index (χ2n) is 40.0. The van der Waals surface area contributed by atoms with Crippen LogP contribution < -0.4 is 81.8 Å². The number of aliphatic carboxylic acids is 4. The number of halogens is 5. The first kappa shape index (κ1) is 108. The van der Waals surface area contributed by atoms with Gasteiger partial charge in [0.2, 0.25) is 23.5 Å². The van der Waals surface area contributed by atoms with Crippen molar-refractivity contribution in [3.8, 4) is 52.5 Å². The van der Waals surface area contributed by atoms with Crippen LogP contribution in [-0.2, 0) is 19.2 Å². The summed E-state index contributed by atoms with van der Waals surface area (Å²) in [6.45, 7) is 37.8. The predicted molar refractivity (Wildman–Crippen MR) is 553 cm³/mol. The lowest BCUT2D eigenvalue weighted by Gasteiger charge is -2.38. The van der Waals surface area contributed by atoms with Gasteiger partial charge in [-0.25, -0.2) is 34.3 Å². The van der Waals surface area contributed by atoms with E-state index in [0.29, 0.717) is 141 Å². The molecular formula is C106H141Cl4FN14O17. The van der Waals surface area contributed by atoms with Crippen LogP contribution in [-0.4, -0.2) is 236 Å². The van der Waals surface area contributed by atoms with Gasteiger partial charge in [-0.15, -0.1) is 0 Å². The minimum atomic E-state index is -0.860. The Hall–Kier alpha value is -11.1. The number of hydrogen-bond donors (Lipinski definition) is 4. The third-order valence-electron chi connectivity index (χ3n) is 30.3. The number of carboxylic acids is 4. The molecule has 4 N–H and O–H groups in total. The highest BCUT2D eigenvalue weighted by Crippen LogP contribution is 2.46. The Morgan fingerprint density at radius 1 is 0.352 bits per heavy atom. The summed E-state index contributed by atoms with van der Waals surface area (Å²) in [6, 6.07) is 26.8. The summed E-state index contributed by atoms with van der Waals surface area (Å²) in [4.78, 5) is 88.9. The van der Waals surface area contributed by atoms with Gasteiger partial charge in [0.25, 0.3) is 11.8 Å². The van der Waals surface area contributed by atoms with Crippen LogP contribution in [0.1, 0.15) is 154 Å². The highest BCUT2D eigenvalue weighted by atomic mass is 35.5.